The summed E-state index contributed by atoms with van der Waals surface area (Å²) in [6.07, 6.45) is 1.02. The maximum absolute atomic E-state index is 3.49. The van der Waals surface area contributed by atoms with Gasteiger partial charge in [-0.1, -0.05) is 24.3 Å². The van der Waals surface area contributed by atoms with E-state index in [1.165, 1.54) is 20.5 Å². The number of hydrogen-bond donors (Lipinski definition) is 1. The largest absolute Gasteiger partial charge is 0.316 e. The van der Waals surface area contributed by atoms with Crippen LogP contribution in [0.3, 0.4) is 0 Å². The van der Waals surface area contributed by atoms with Crippen molar-refractivity contribution in [2.24, 2.45) is 0 Å². The number of halogens is 1. The second-order valence-electron chi connectivity index (χ2n) is 3.76. The van der Waals surface area contributed by atoms with Gasteiger partial charge in [0.15, 0.2) is 0 Å². The van der Waals surface area contributed by atoms with E-state index < -0.39 is 0 Å². The molecule has 0 spiro atoms. The highest BCUT2D eigenvalue weighted by atomic mass is 79.9. The standard InChI is InChI=1S/C13H14BrNS/c1-15-8-11-4-2-3-10(5-11)6-13-7-12(14)9-16-13/h2-5,7,9,15H,6,8H2,1H3. The van der Waals surface area contributed by atoms with Crippen molar-refractivity contribution in [2.75, 3.05) is 7.05 Å². The van der Waals surface area contributed by atoms with E-state index in [9.17, 15) is 0 Å². The van der Waals surface area contributed by atoms with Gasteiger partial charge in [-0.3, -0.25) is 0 Å². The van der Waals surface area contributed by atoms with Crippen LogP contribution in [0, 0.1) is 0 Å². The van der Waals surface area contributed by atoms with E-state index in [1.54, 1.807) is 11.3 Å². The van der Waals surface area contributed by atoms with Crippen molar-refractivity contribution < 1.29 is 0 Å². The summed E-state index contributed by atoms with van der Waals surface area (Å²) in [6, 6.07) is 10.9. The van der Waals surface area contributed by atoms with Crippen LogP contribution >= 0.6 is 27.3 Å². The van der Waals surface area contributed by atoms with Crippen molar-refractivity contribution in [1.82, 2.24) is 5.32 Å². The third kappa shape index (κ3) is 3.17. The molecule has 0 unspecified atom stereocenters. The highest BCUT2D eigenvalue weighted by Gasteiger charge is 2.00. The SMILES string of the molecule is CNCc1cccc(Cc2cc(Br)cs2)c1. The van der Waals surface area contributed by atoms with Gasteiger partial charge in [-0.25, -0.2) is 0 Å². The first kappa shape index (κ1) is 11.8. The van der Waals surface area contributed by atoms with Crippen LogP contribution in [0.5, 0.6) is 0 Å². The molecule has 0 saturated heterocycles. The molecule has 1 nitrogen and oxygen atoms in total. The quantitative estimate of drug-likeness (QED) is 0.904. The van der Waals surface area contributed by atoms with Gasteiger partial charge in [-0.05, 0) is 40.2 Å². The molecule has 0 aliphatic rings. The second kappa shape index (κ2) is 5.62. The van der Waals surface area contributed by atoms with Crippen molar-refractivity contribution in [3.63, 3.8) is 0 Å². The third-order valence-corrected chi connectivity index (χ3v) is 4.07. The smallest absolute Gasteiger partial charge is 0.0285 e. The molecule has 0 aliphatic carbocycles. The minimum Gasteiger partial charge on any atom is -0.316 e. The summed E-state index contributed by atoms with van der Waals surface area (Å²) >= 11 is 5.29. The first-order valence-corrected chi connectivity index (χ1v) is 6.90. The molecule has 2 rings (SSSR count). The summed E-state index contributed by atoms with van der Waals surface area (Å²) in [5.41, 5.74) is 2.72. The topological polar surface area (TPSA) is 12.0 Å². The van der Waals surface area contributed by atoms with Gasteiger partial charge in [0.1, 0.15) is 0 Å². The van der Waals surface area contributed by atoms with Crippen LogP contribution in [0.15, 0.2) is 40.2 Å². The molecular formula is C13H14BrNS. The first-order chi connectivity index (χ1) is 7.78. The Morgan fingerprint density at radius 3 is 2.75 bits per heavy atom. The Morgan fingerprint density at radius 1 is 1.25 bits per heavy atom. The Kier molecular flexibility index (Phi) is 4.16. The molecule has 84 valence electrons. The van der Waals surface area contributed by atoms with Gasteiger partial charge in [-0.2, -0.15) is 0 Å². The fraction of sp³-hybridized carbons (Fsp3) is 0.231. The van der Waals surface area contributed by atoms with Gasteiger partial charge in [0.2, 0.25) is 0 Å². The molecule has 0 atom stereocenters. The molecule has 0 amide bonds. The molecule has 0 bridgehead atoms. The Morgan fingerprint density at radius 2 is 2.06 bits per heavy atom. The van der Waals surface area contributed by atoms with E-state index in [-0.39, 0.29) is 0 Å². The summed E-state index contributed by atoms with van der Waals surface area (Å²) < 4.78 is 1.18. The Labute approximate surface area is 109 Å². The highest BCUT2D eigenvalue weighted by molar-refractivity contribution is 9.10. The summed E-state index contributed by atoms with van der Waals surface area (Å²) in [7, 11) is 1.98. The lowest BCUT2D eigenvalue weighted by Crippen LogP contribution is -2.05. The molecule has 0 aliphatic heterocycles. The predicted molar refractivity (Wildman–Crippen MR) is 74.0 cm³/mol. The molecule has 0 fully saturated rings. The van der Waals surface area contributed by atoms with Crippen LogP contribution in [0.25, 0.3) is 0 Å². The molecule has 1 aromatic carbocycles. The minimum absolute atomic E-state index is 0.933. The van der Waals surface area contributed by atoms with E-state index in [0.29, 0.717) is 0 Å². The number of benzene rings is 1. The van der Waals surface area contributed by atoms with Crippen molar-refractivity contribution in [3.8, 4) is 0 Å². The first-order valence-electron chi connectivity index (χ1n) is 5.23. The van der Waals surface area contributed by atoms with Gasteiger partial charge >= 0.3 is 0 Å². The molecule has 3 heteroatoms. The molecule has 2 aromatic rings. The zero-order chi connectivity index (χ0) is 11.4. The van der Waals surface area contributed by atoms with Gasteiger partial charge in [0.05, 0.1) is 0 Å². The zero-order valence-corrected chi connectivity index (χ0v) is 11.6. The van der Waals surface area contributed by atoms with E-state index >= 15 is 0 Å². The molecule has 0 radical (unpaired) electrons. The summed E-state index contributed by atoms with van der Waals surface area (Å²) in [5.74, 6) is 0. The van der Waals surface area contributed by atoms with E-state index in [1.807, 2.05) is 7.05 Å². The van der Waals surface area contributed by atoms with Crippen LogP contribution in [-0.2, 0) is 13.0 Å². The third-order valence-electron chi connectivity index (χ3n) is 2.37. The van der Waals surface area contributed by atoms with Gasteiger partial charge in [0, 0.05) is 27.7 Å². The minimum atomic E-state index is 0.933. The second-order valence-corrected chi connectivity index (χ2v) is 5.67. The average Bonchev–Trinajstić information content (AvgIpc) is 2.65. The van der Waals surface area contributed by atoms with Crippen LogP contribution < -0.4 is 5.32 Å². The lowest BCUT2D eigenvalue weighted by Gasteiger charge is -2.03. The number of hydrogen-bond acceptors (Lipinski definition) is 2. The van der Waals surface area contributed by atoms with Crippen molar-refractivity contribution in [3.05, 3.63) is 56.2 Å². The maximum atomic E-state index is 3.49. The summed E-state index contributed by atoms with van der Waals surface area (Å²) in [5, 5.41) is 5.31. The van der Waals surface area contributed by atoms with Gasteiger partial charge < -0.3 is 5.32 Å². The van der Waals surface area contributed by atoms with E-state index in [4.69, 9.17) is 0 Å². The fourth-order valence-corrected chi connectivity index (χ4v) is 3.19. The van der Waals surface area contributed by atoms with E-state index in [0.717, 1.165) is 13.0 Å². The fourth-order valence-electron chi connectivity index (χ4n) is 1.70. The molecule has 16 heavy (non-hydrogen) atoms. The van der Waals surface area contributed by atoms with Crippen molar-refractivity contribution >= 4 is 27.3 Å². The number of thiophene rings is 1. The lowest BCUT2D eigenvalue weighted by molar-refractivity contribution is 0.816. The predicted octanol–water partition coefficient (Wildman–Crippen LogP) is 3.82. The molecule has 1 aromatic heterocycles. The summed E-state index contributed by atoms with van der Waals surface area (Å²) in [6.45, 7) is 0.933. The zero-order valence-electron chi connectivity index (χ0n) is 9.16. The molecule has 0 saturated carbocycles. The van der Waals surface area contributed by atoms with E-state index in [2.05, 4.69) is 57.0 Å². The maximum Gasteiger partial charge on any atom is 0.0285 e. The Balaban J connectivity index is 2.12. The van der Waals surface area contributed by atoms with Crippen molar-refractivity contribution in [1.29, 1.82) is 0 Å². The molecule has 1 N–H and O–H groups in total. The summed E-state index contributed by atoms with van der Waals surface area (Å²) in [4.78, 5) is 1.40. The van der Waals surface area contributed by atoms with Gasteiger partial charge in [-0.15, -0.1) is 11.3 Å². The van der Waals surface area contributed by atoms with Crippen molar-refractivity contribution in [2.45, 2.75) is 13.0 Å². The normalized spacial score (nSPS) is 10.6. The monoisotopic (exact) mass is 295 g/mol. The van der Waals surface area contributed by atoms with Crippen LogP contribution in [0.2, 0.25) is 0 Å². The molecular weight excluding hydrogens is 282 g/mol. The highest BCUT2D eigenvalue weighted by Crippen LogP contribution is 2.22. The Bertz CT molecular complexity index is 464. The van der Waals surface area contributed by atoms with Gasteiger partial charge in [0.25, 0.3) is 0 Å². The van der Waals surface area contributed by atoms with Crippen LogP contribution in [0.4, 0.5) is 0 Å². The van der Waals surface area contributed by atoms with Crippen LogP contribution in [0.1, 0.15) is 16.0 Å². The Hall–Kier alpha value is -0.640. The van der Waals surface area contributed by atoms with Crippen LogP contribution in [-0.4, -0.2) is 7.05 Å². The lowest BCUT2D eigenvalue weighted by atomic mass is 10.1. The number of rotatable bonds is 4. The molecule has 1 heterocycles. The number of nitrogens with one attached hydrogen (secondary N) is 1. The average molecular weight is 296 g/mol.